The van der Waals surface area contributed by atoms with Crippen molar-refractivity contribution in [3.8, 4) is 10.4 Å². The average Bonchev–Trinajstić information content (AvgIpc) is 2.55. The summed E-state index contributed by atoms with van der Waals surface area (Å²) in [5.41, 5.74) is 7.73. The fourth-order valence-corrected chi connectivity index (χ4v) is 2.44. The predicted octanol–water partition coefficient (Wildman–Crippen LogP) is 3.06. The maximum atomic E-state index is 5.60. The molecule has 0 aliphatic carbocycles. The summed E-state index contributed by atoms with van der Waals surface area (Å²) in [6.07, 6.45) is 0. The molecule has 0 fully saturated rings. The molecule has 3 heteroatoms. The van der Waals surface area contributed by atoms with Crippen LogP contribution in [0.1, 0.15) is 0 Å². The molecule has 0 saturated carbocycles. The maximum Gasteiger partial charge on any atom is 0.0429 e. The van der Waals surface area contributed by atoms with Crippen LogP contribution in [0.2, 0.25) is 0 Å². The van der Waals surface area contributed by atoms with Crippen LogP contribution < -0.4 is 5.73 Å². The van der Waals surface area contributed by atoms with Crippen LogP contribution in [0, 0.1) is 0 Å². The van der Waals surface area contributed by atoms with Gasteiger partial charge >= 0.3 is 0 Å². The van der Waals surface area contributed by atoms with Gasteiger partial charge in [0.05, 0.1) is 0 Å². The number of thiophene rings is 2. The molecule has 2 heterocycles. The zero-order valence-corrected chi connectivity index (χ0v) is 7.41. The Bertz CT molecular complexity index is 335. The zero-order chi connectivity index (χ0) is 7.68. The summed E-state index contributed by atoms with van der Waals surface area (Å²) in [6, 6.07) is 4.11. The summed E-state index contributed by atoms with van der Waals surface area (Å²) < 4.78 is 0. The van der Waals surface area contributed by atoms with Crippen LogP contribution in [0.5, 0.6) is 0 Å². The van der Waals surface area contributed by atoms with E-state index in [0.29, 0.717) is 0 Å². The maximum absolute atomic E-state index is 5.60. The van der Waals surface area contributed by atoms with Gasteiger partial charge in [0, 0.05) is 21.5 Å². The van der Waals surface area contributed by atoms with Crippen LogP contribution in [0.3, 0.4) is 0 Å². The molecule has 0 amide bonds. The fourth-order valence-electron chi connectivity index (χ4n) is 0.907. The topological polar surface area (TPSA) is 26.0 Å². The molecule has 0 atom stereocenters. The molecule has 0 aliphatic rings. The SMILES string of the molecule is Nc1csc(-c2ccsc2)c1. The number of nitrogens with two attached hydrogens (primary N) is 1. The molecule has 0 saturated heterocycles. The van der Waals surface area contributed by atoms with Crippen molar-refractivity contribution in [1.29, 1.82) is 0 Å². The van der Waals surface area contributed by atoms with Crippen molar-refractivity contribution in [3.63, 3.8) is 0 Å². The molecule has 0 spiro atoms. The van der Waals surface area contributed by atoms with E-state index < -0.39 is 0 Å². The van der Waals surface area contributed by atoms with Gasteiger partial charge < -0.3 is 5.73 Å². The van der Waals surface area contributed by atoms with Crippen LogP contribution in [0.15, 0.2) is 28.3 Å². The van der Waals surface area contributed by atoms with Crippen LogP contribution in [0.4, 0.5) is 5.69 Å². The van der Waals surface area contributed by atoms with Gasteiger partial charge in [0.15, 0.2) is 0 Å². The molecule has 56 valence electrons. The highest BCUT2D eigenvalue weighted by Crippen LogP contribution is 2.29. The van der Waals surface area contributed by atoms with Crippen molar-refractivity contribution in [2.45, 2.75) is 0 Å². The fraction of sp³-hybridized carbons (Fsp3) is 0. The average molecular weight is 181 g/mol. The quantitative estimate of drug-likeness (QED) is 0.719. The Balaban J connectivity index is 2.45. The van der Waals surface area contributed by atoms with Crippen molar-refractivity contribution >= 4 is 28.4 Å². The van der Waals surface area contributed by atoms with Gasteiger partial charge in [-0.15, -0.1) is 11.3 Å². The molecule has 0 aromatic carbocycles. The second kappa shape index (κ2) is 2.68. The summed E-state index contributed by atoms with van der Waals surface area (Å²) in [4.78, 5) is 1.25. The molecule has 2 aromatic rings. The largest absolute Gasteiger partial charge is 0.398 e. The molecule has 0 aliphatic heterocycles. The minimum atomic E-state index is 0.858. The van der Waals surface area contributed by atoms with Crippen LogP contribution >= 0.6 is 22.7 Å². The summed E-state index contributed by atoms with van der Waals surface area (Å²) in [5.74, 6) is 0. The standard InChI is InChI=1S/C8H7NS2/c9-7-3-8(11-5-7)6-1-2-10-4-6/h1-5H,9H2. The van der Waals surface area contributed by atoms with E-state index in [2.05, 4.69) is 16.8 Å². The first-order valence-corrected chi connectivity index (χ1v) is 5.05. The third-order valence-electron chi connectivity index (χ3n) is 1.43. The predicted molar refractivity (Wildman–Crippen MR) is 52.0 cm³/mol. The van der Waals surface area contributed by atoms with Crippen molar-refractivity contribution in [3.05, 3.63) is 28.3 Å². The summed E-state index contributed by atoms with van der Waals surface area (Å²) in [6.45, 7) is 0. The van der Waals surface area contributed by atoms with E-state index in [4.69, 9.17) is 5.73 Å². The Hall–Kier alpha value is -0.800. The summed E-state index contributed by atoms with van der Waals surface area (Å²) >= 11 is 3.40. The Labute approximate surface area is 73.1 Å². The summed E-state index contributed by atoms with van der Waals surface area (Å²) in [5, 5.41) is 6.17. The molecule has 0 radical (unpaired) electrons. The van der Waals surface area contributed by atoms with E-state index in [1.54, 1.807) is 22.7 Å². The van der Waals surface area contributed by atoms with E-state index >= 15 is 0 Å². The Morgan fingerprint density at radius 3 is 2.73 bits per heavy atom. The zero-order valence-electron chi connectivity index (χ0n) is 5.78. The minimum Gasteiger partial charge on any atom is -0.398 e. The first-order chi connectivity index (χ1) is 5.36. The van der Waals surface area contributed by atoms with Crippen LogP contribution in [-0.4, -0.2) is 0 Å². The number of nitrogen functional groups attached to an aromatic ring is 1. The molecule has 1 nitrogen and oxygen atoms in total. The highest BCUT2D eigenvalue weighted by molar-refractivity contribution is 7.14. The number of rotatable bonds is 1. The minimum absolute atomic E-state index is 0.858. The van der Waals surface area contributed by atoms with Crippen LogP contribution in [0.25, 0.3) is 10.4 Å². The van der Waals surface area contributed by atoms with Crippen molar-refractivity contribution in [2.75, 3.05) is 5.73 Å². The smallest absolute Gasteiger partial charge is 0.0429 e. The third-order valence-corrected chi connectivity index (χ3v) is 3.11. The van der Waals surface area contributed by atoms with Gasteiger partial charge in [-0.1, -0.05) is 0 Å². The van der Waals surface area contributed by atoms with E-state index in [1.807, 2.05) is 11.4 Å². The number of hydrogen-bond acceptors (Lipinski definition) is 3. The molecule has 11 heavy (non-hydrogen) atoms. The summed E-state index contributed by atoms with van der Waals surface area (Å²) in [7, 11) is 0. The van der Waals surface area contributed by atoms with Crippen LogP contribution in [-0.2, 0) is 0 Å². The lowest BCUT2D eigenvalue weighted by Gasteiger charge is -1.86. The lowest BCUT2D eigenvalue weighted by atomic mass is 10.3. The first kappa shape index (κ1) is 6.88. The van der Waals surface area contributed by atoms with Gasteiger partial charge in [0.1, 0.15) is 0 Å². The molecule has 0 unspecified atom stereocenters. The van der Waals surface area contributed by atoms with E-state index in [0.717, 1.165) is 5.69 Å². The van der Waals surface area contributed by atoms with Crippen molar-refractivity contribution in [2.24, 2.45) is 0 Å². The van der Waals surface area contributed by atoms with Gasteiger partial charge in [-0.25, -0.2) is 0 Å². The van der Waals surface area contributed by atoms with E-state index in [1.165, 1.54) is 10.4 Å². The Kier molecular flexibility index (Phi) is 1.68. The number of hydrogen-bond donors (Lipinski definition) is 1. The second-order valence-electron chi connectivity index (χ2n) is 2.26. The Morgan fingerprint density at radius 1 is 1.27 bits per heavy atom. The monoisotopic (exact) mass is 181 g/mol. The molecule has 2 N–H and O–H groups in total. The van der Waals surface area contributed by atoms with E-state index in [9.17, 15) is 0 Å². The highest BCUT2D eigenvalue weighted by atomic mass is 32.1. The van der Waals surface area contributed by atoms with Crippen molar-refractivity contribution in [1.82, 2.24) is 0 Å². The molecular weight excluding hydrogens is 174 g/mol. The lowest BCUT2D eigenvalue weighted by Crippen LogP contribution is -1.75. The number of anilines is 1. The molecule has 2 aromatic heterocycles. The van der Waals surface area contributed by atoms with Gasteiger partial charge in [-0.3, -0.25) is 0 Å². The second-order valence-corrected chi connectivity index (χ2v) is 3.95. The van der Waals surface area contributed by atoms with Gasteiger partial charge in [0.25, 0.3) is 0 Å². The highest BCUT2D eigenvalue weighted by Gasteiger charge is 1.99. The third kappa shape index (κ3) is 1.29. The molecular formula is C8H7NS2. The van der Waals surface area contributed by atoms with E-state index in [-0.39, 0.29) is 0 Å². The van der Waals surface area contributed by atoms with Gasteiger partial charge in [0.2, 0.25) is 0 Å². The lowest BCUT2D eigenvalue weighted by molar-refractivity contribution is 1.84. The first-order valence-electron chi connectivity index (χ1n) is 3.23. The molecule has 2 rings (SSSR count). The van der Waals surface area contributed by atoms with Crippen molar-refractivity contribution < 1.29 is 0 Å². The normalized spacial score (nSPS) is 10.2. The van der Waals surface area contributed by atoms with Gasteiger partial charge in [-0.05, 0) is 22.9 Å². The Morgan fingerprint density at radius 2 is 2.18 bits per heavy atom. The molecule has 0 bridgehead atoms. The van der Waals surface area contributed by atoms with Gasteiger partial charge in [-0.2, -0.15) is 11.3 Å².